The van der Waals surface area contributed by atoms with Gasteiger partial charge < -0.3 is 4.74 Å². The summed E-state index contributed by atoms with van der Waals surface area (Å²) in [7, 11) is 0. The second-order valence-electron chi connectivity index (χ2n) is 9.93. The van der Waals surface area contributed by atoms with E-state index < -0.39 is 0 Å². The average Bonchev–Trinajstić information content (AvgIpc) is 3.10. The molecule has 0 amide bonds. The molecule has 136 valence electrons. The van der Waals surface area contributed by atoms with Crippen LogP contribution in [0.1, 0.15) is 78.1 Å². The highest BCUT2D eigenvalue weighted by molar-refractivity contribution is 5.91. The number of allylic oxidation sites excluding steroid dienone is 1. The van der Waals surface area contributed by atoms with Crippen molar-refractivity contribution in [1.82, 2.24) is 0 Å². The summed E-state index contributed by atoms with van der Waals surface area (Å²) in [5.74, 6) is 2.51. The smallest absolute Gasteiger partial charge is 0.306 e. The van der Waals surface area contributed by atoms with Gasteiger partial charge >= 0.3 is 5.97 Å². The van der Waals surface area contributed by atoms with Gasteiger partial charge in [-0.15, -0.1) is 0 Å². The fraction of sp³-hybridized carbons (Fsp3) is 0.818. The lowest BCUT2D eigenvalue weighted by atomic mass is 9.46. The molecule has 1 aliphatic heterocycles. The largest absolute Gasteiger partial charge is 0.458 e. The Balaban J connectivity index is 1.49. The molecular weight excluding hydrogens is 312 g/mol. The Morgan fingerprint density at radius 3 is 2.48 bits per heavy atom. The molecule has 0 N–H and O–H groups in total. The average molecular weight is 342 g/mol. The highest BCUT2D eigenvalue weighted by atomic mass is 16.6. The van der Waals surface area contributed by atoms with Crippen LogP contribution in [0.2, 0.25) is 0 Å². The quantitative estimate of drug-likeness (QED) is 0.605. The molecule has 4 fully saturated rings. The van der Waals surface area contributed by atoms with E-state index in [1.165, 1.54) is 31.3 Å². The van der Waals surface area contributed by atoms with Crippen LogP contribution in [-0.2, 0) is 14.3 Å². The molecule has 6 atom stereocenters. The number of carbonyl (C=O) groups excluding carboxylic acids is 2. The molecular formula is C22H30O3. The van der Waals surface area contributed by atoms with Crippen LogP contribution in [0.25, 0.3) is 0 Å². The molecule has 0 bridgehead atoms. The van der Waals surface area contributed by atoms with Gasteiger partial charge in [-0.05, 0) is 80.6 Å². The molecule has 4 aliphatic carbocycles. The molecule has 1 heterocycles. The van der Waals surface area contributed by atoms with Crippen LogP contribution in [0.15, 0.2) is 11.6 Å². The lowest BCUT2D eigenvalue weighted by Crippen LogP contribution is -2.54. The van der Waals surface area contributed by atoms with E-state index in [9.17, 15) is 9.59 Å². The molecule has 1 spiro atoms. The van der Waals surface area contributed by atoms with Gasteiger partial charge in [-0.2, -0.15) is 0 Å². The molecule has 0 aromatic heterocycles. The number of hydrogen-bond donors (Lipinski definition) is 0. The standard InChI is InChI=1S/C22H30O3/c1-20-9-5-15(23)13-14(20)3-4-16-17(20)6-10-21(2)18(16)7-11-22(21)12-8-19(24)25-22/h13,16-18H,3-12H2,1-2H3/t16-,17+,18+,20+,21+,22-/m0/s1. The Morgan fingerprint density at radius 1 is 0.920 bits per heavy atom. The van der Waals surface area contributed by atoms with Crippen LogP contribution in [0.3, 0.4) is 0 Å². The normalized spacial score (nSPS) is 51.6. The first kappa shape index (κ1) is 16.1. The maximum absolute atomic E-state index is 11.9. The fourth-order valence-corrected chi connectivity index (χ4v) is 7.85. The second kappa shape index (κ2) is 4.98. The van der Waals surface area contributed by atoms with E-state index in [1.54, 1.807) is 0 Å². The third-order valence-corrected chi connectivity index (χ3v) is 9.29. The first-order chi connectivity index (χ1) is 11.9. The summed E-state index contributed by atoms with van der Waals surface area (Å²) < 4.78 is 6.01. The van der Waals surface area contributed by atoms with Gasteiger partial charge in [0.05, 0.1) is 0 Å². The fourth-order valence-electron chi connectivity index (χ4n) is 7.85. The van der Waals surface area contributed by atoms with Crippen LogP contribution in [0, 0.1) is 28.6 Å². The molecule has 3 nitrogen and oxygen atoms in total. The Hall–Kier alpha value is -1.12. The first-order valence-corrected chi connectivity index (χ1v) is 10.3. The zero-order chi connectivity index (χ0) is 17.4. The molecule has 3 saturated carbocycles. The van der Waals surface area contributed by atoms with Crippen molar-refractivity contribution in [1.29, 1.82) is 0 Å². The minimum Gasteiger partial charge on any atom is -0.458 e. The minimum absolute atomic E-state index is 0.0237. The first-order valence-electron chi connectivity index (χ1n) is 10.3. The Bertz CT molecular complexity index is 679. The SMILES string of the molecule is C[C@@]12CCC(=O)C=C1CC[C@H]1[C@H]2CC[C@]2(C)[C@@H]1CC[C@]21CCC(=O)O1. The predicted octanol–water partition coefficient (Wildman–Crippen LogP) is 4.59. The van der Waals surface area contributed by atoms with E-state index in [0.29, 0.717) is 24.0 Å². The third kappa shape index (κ3) is 1.93. The van der Waals surface area contributed by atoms with Gasteiger partial charge in [0, 0.05) is 18.3 Å². The molecule has 0 unspecified atom stereocenters. The van der Waals surface area contributed by atoms with E-state index >= 15 is 0 Å². The summed E-state index contributed by atoms with van der Waals surface area (Å²) in [6.45, 7) is 4.86. The number of fused-ring (bicyclic) bond motifs is 6. The van der Waals surface area contributed by atoms with Gasteiger partial charge in [0.1, 0.15) is 5.60 Å². The van der Waals surface area contributed by atoms with Crippen LogP contribution >= 0.6 is 0 Å². The molecule has 5 aliphatic rings. The number of ketones is 1. The monoisotopic (exact) mass is 342 g/mol. The second-order valence-corrected chi connectivity index (χ2v) is 9.93. The molecule has 25 heavy (non-hydrogen) atoms. The molecule has 0 aromatic carbocycles. The Morgan fingerprint density at radius 2 is 1.72 bits per heavy atom. The zero-order valence-corrected chi connectivity index (χ0v) is 15.6. The Labute approximate surface area is 150 Å². The number of ether oxygens (including phenoxy) is 1. The summed E-state index contributed by atoms with van der Waals surface area (Å²) in [4.78, 5) is 23.8. The van der Waals surface area contributed by atoms with Crippen molar-refractivity contribution in [2.45, 2.75) is 83.7 Å². The maximum Gasteiger partial charge on any atom is 0.306 e. The molecule has 5 rings (SSSR count). The van der Waals surface area contributed by atoms with Crippen molar-refractivity contribution in [2.24, 2.45) is 28.6 Å². The third-order valence-electron chi connectivity index (χ3n) is 9.29. The summed E-state index contributed by atoms with van der Waals surface area (Å²) in [6, 6.07) is 0. The number of carbonyl (C=O) groups is 2. The summed E-state index contributed by atoms with van der Waals surface area (Å²) in [6.07, 6.45) is 12.3. The van der Waals surface area contributed by atoms with Gasteiger partial charge in [0.15, 0.2) is 5.78 Å². The van der Waals surface area contributed by atoms with Crippen molar-refractivity contribution in [2.75, 3.05) is 0 Å². The van der Waals surface area contributed by atoms with Crippen LogP contribution in [0.4, 0.5) is 0 Å². The highest BCUT2D eigenvalue weighted by Crippen LogP contribution is 2.69. The van der Waals surface area contributed by atoms with Crippen LogP contribution in [0.5, 0.6) is 0 Å². The van der Waals surface area contributed by atoms with Gasteiger partial charge in [-0.3, -0.25) is 9.59 Å². The maximum atomic E-state index is 11.9. The topological polar surface area (TPSA) is 43.4 Å². The summed E-state index contributed by atoms with van der Waals surface area (Å²) in [5, 5.41) is 0. The van der Waals surface area contributed by atoms with Crippen molar-refractivity contribution in [3.63, 3.8) is 0 Å². The molecule has 0 radical (unpaired) electrons. The molecule has 0 aromatic rings. The van der Waals surface area contributed by atoms with Gasteiger partial charge in [-0.25, -0.2) is 0 Å². The van der Waals surface area contributed by atoms with E-state index in [1.807, 2.05) is 6.08 Å². The number of rotatable bonds is 0. The van der Waals surface area contributed by atoms with E-state index in [-0.39, 0.29) is 22.4 Å². The van der Waals surface area contributed by atoms with Crippen LogP contribution < -0.4 is 0 Å². The van der Waals surface area contributed by atoms with Crippen molar-refractivity contribution < 1.29 is 14.3 Å². The van der Waals surface area contributed by atoms with E-state index in [2.05, 4.69) is 13.8 Å². The predicted molar refractivity (Wildman–Crippen MR) is 94.8 cm³/mol. The number of hydrogen-bond acceptors (Lipinski definition) is 3. The molecule has 3 heteroatoms. The molecule has 1 saturated heterocycles. The van der Waals surface area contributed by atoms with Crippen LogP contribution in [-0.4, -0.2) is 17.4 Å². The van der Waals surface area contributed by atoms with Crippen molar-refractivity contribution in [3.8, 4) is 0 Å². The Kier molecular flexibility index (Phi) is 3.21. The van der Waals surface area contributed by atoms with Crippen molar-refractivity contribution >= 4 is 11.8 Å². The van der Waals surface area contributed by atoms with E-state index in [0.717, 1.165) is 38.0 Å². The van der Waals surface area contributed by atoms with Gasteiger partial charge in [0.25, 0.3) is 0 Å². The lowest BCUT2D eigenvalue weighted by Gasteiger charge is -2.59. The number of esters is 1. The summed E-state index contributed by atoms with van der Waals surface area (Å²) in [5.41, 5.74) is 1.68. The van der Waals surface area contributed by atoms with Gasteiger partial charge in [0.2, 0.25) is 0 Å². The minimum atomic E-state index is -0.167. The summed E-state index contributed by atoms with van der Waals surface area (Å²) >= 11 is 0. The lowest BCUT2D eigenvalue weighted by molar-refractivity contribution is -0.168. The zero-order valence-electron chi connectivity index (χ0n) is 15.6. The highest BCUT2D eigenvalue weighted by Gasteiger charge is 2.66. The van der Waals surface area contributed by atoms with Gasteiger partial charge in [-0.1, -0.05) is 19.4 Å². The van der Waals surface area contributed by atoms with E-state index in [4.69, 9.17) is 4.74 Å². The van der Waals surface area contributed by atoms with Crippen molar-refractivity contribution in [3.05, 3.63) is 11.6 Å².